The SMILES string of the molecule is Cn1nccc1CCC(O)c1coc2ccccc12. The molecule has 0 saturated carbocycles. The third kappa shape index (κ3) is 2.27. The van der Waals surface area contributed by atoms with E-state index < -0.39 is 6.10 Å². The van der Waals surface area contributed by atoms with Gasteiger partial charge in [0.1, 0.15) is 5.58 Å². The van der Waals surface area contributed by atoms with E-state index >= 15 is 0 Å². The summed E-state index contributed by atoms with van der Waals surface area (Å²) in [5, 5.41) is 15.4. The molecule has 1 unspecified atom stereocenters. The van der Waals surface area contributed by atoms with Crippen LogP contribution in [0.2, 0.25) is 0 Å². The summed E-state index contributed by atoms with van der Waals surface area (Å²) in [7, 11) is 1.91. The van der Waals surface area contributed by atoms with Crippen LogP contribution < -0.4 is 0 Å². The zero-order valence-corrected chi connectivity index (χ0v) is 10.8. The number of nitrogens with zero attached hydrogens (tertiary/aromatic N) is 2. The van der Waals surface area contributed by atoms with Crippen molar-refractivity contribution >= 4 is 11.0 Å². The Balaban J connectivity index is 1.77. The van der Waals surface area contributed by atoms with Gasteiger partial charge in [0.15, 0.2) is 0 Å². The van der Waals surface area contributed by atoms with Crippen LogP contribution in [-0.4, -0.2) is 14.9 Å². The van der Waals surface area contributed by atoms with Crippen molar-refractivity contribution in [2.45, 2.75) is 18.9 Å². The molecular formula is C15H16N2O2. The molecule has 3 rings (SSSR count). The molecule has 4 nitrogen and oxygen atoms in total. The van der Waals surface area contributed by atoms with Gasteiger partial charge in [-0.1, -0.05) is 18.2 Å². The highest BCUT2D eigenvalue weighted by Gasteiger charge is 2.14. The Kier molecular flexibility index (Phi) is 3.09. The second-order valence-corrected chi connectivity index (χ2v) is 4.69. The molecule has 0 bridgehead atoms. The first-order valence-electron chi connectivity index (χ1n) is 6.37. The lowest BCUT2D eigenvalue weighted by Crippen LogP contribution is -2.03. The predicted molar refractivity (Wildman–Crippen MR) is 72.7 cm³/mol. The fourth-order valence-electron chi connectivity index (χ4n) is 2.34. The van der Waals surface area contributed by atoms with E-state index in [9.17, 15) is 5.11 Å². The normalized spacial score (nSPS) is 12.9. The molecule has 19 heavy (non-hydrogen) atoms. The van der Waals surface area contributed by atoms with Crippen LogP contribution in [0.25, 0.3) is 11.0 Å². The molecule has 1 aromatic carbocycles. The maximum absolute atomic E-state index is 10.3. The van der Waals surface area contributed by atoms with Crippen LogP contribution in [0.1, 0.15) is 23.8 Å². The lowest BCUT2D eigenvalue weighted by atomic mass is 10.0. The van der Waals surface area contributed by atoms with Gasteiger partial charge in [-0.15, -0.1) is 0 Å². The van der Waals surface area contributed by atoms with Crippen molar-refractivity contribution in [1.82, 2.24) is 9.78 Å². The lowest BCUT2D eigenvalue weighted by Gasteiger charge is -2.09. The minimum absolute atomic E-state index is 0.515. The first-order chi connectivity index (χ1) is 9.25. The van der Waals surface area contributed by atoms with Gasteiger partial charge in [0.2, 0.25) is 0 Å². The van der Waals surface area contributed by atoms with Crippen molar-refractivity contribution in [2.75, 3.05) is 0 Å². The molecule has 0 fully saturated rings. The van der Waals surface area contributed by atoms with Crippen molar-refractivity contribution in [2.24, 2.45) is 7.05 Å². The maximum atomic E-state index is 10.3. The topological polar surface area (TPSA) is 51.2 Å². The zero-order chi connectivity index (χ0) is 13.2. The number of aryl methyl sites for hydroxylation is 2. The number of benzene rings is 1. The number of hydrogen-bond acceptors (Lipinski definition) is 3. The molecular weight excluding hydrogens is 240 g/mol. The molecule has 98 valence electrons. The molecule has 0 aliphatic carbocycles. The number of aliphatic hydroxyl groups is 1. The van der Waals surface area contributed by atoms with E-state index in [1.54, 1.807) is 12.5 Å². The Morgan fingerprint density at radius 3 is 2.95 bits per heavy atom. The molecule has 0 radical (unpaired) electrons. The fraction of sp³-hybridized carbons (Fsp3) is 0.267. The van der Waals surface area contributed by atoms with Gasteiger partial charge in [-0.05, 0) is 25.0 Å². The average Bonchev–Trinajstić information content (AvgIpc) is 3.02. The number of furan rings is 1. The second kappa shape index (κ2) is 4.90. The molecule has 2 heterocycles. The van der Waals surface area contributed by atoms with Crippen LogP contribution in [0, 0.1) is 0 Å². The maximum Gasteiger partial charge on any atom is 0.134 e. The fourth-order valence-corrected chi connectivity index (χ4v) is 2.34. The number of aromatic nitrogens is 2. The monoisotopic (exact) mass is 256 g/mol. The Morgan fingerprint density at radius 2 is 2.16 bits per heavy atom. The van der Waals surface area contributed by atoms with Crippen LogP contribution >= 0.6 is 0 Å². The van der Waals surface area contributed by atoms with Crippen molar-refractivity contribution in [3.63, 3.8) is 0 Å². The molecule has 0 spiro atoms. The number of hydrogen-bond donors (Lipinski definition) is 1. The number of aliphatic hydroxyl groups excluding tert-OH is 1. The van der Waals surface area contributed by atoms with Gasteiger partial charge >= 0.3 is 0 Å². The summed E-state index contributed by atoms with van der Waals surface area (Å²) in [6.45, 7) is 0. The van der Waals surface area contributed by atoms with E-state index in [0.29, 0.717) is 6.42 Å². The van der Waals surface area contributed by atoms with Crippen LogP contribution in [-0.2, 0) is 13.5 Å². The zero-order valence-electron chi connectivity index (χ0n) is 10.8. The molecule has 0 aliphatic heterocycles. The van der Waals surface area contributed by atoms with E-state index in [1.165, 1.54) is 0 Å². The quantitative estimate of drug-likeness (QED) is 0.781. The predicted octanol–water partition coefficient (Wildman–Crippen LogP) is 2.83. The molecule has 0 aliphatic rings. The van der Waals surface area contributed by atoms with Gasteiger partial charge in [-0.2, -0.15) is 5.10 Å². The van der Waals surface area contributed by atoms with Gasteiger partial charge in [-0.3, -0.25) is 4.68 Å². The summed E-state index contributed by atoms with van der Waals surface area (Å²) in [5.41, 5.74) is 2.79. The minimum atomic E-state index is -0.515. The summed E-state index contributed by atoms with van der Waals surface area (Å²) >= 11 is 0. The number of rotatable bonds is 4. The third-order valence-electron chi connectivity index (χ3n) is 3.47. The van der Waals surface area contributed by atoms with Crippen LogP contribution in [0.5, 0.6) is 0 Å². The van der Waals surface area contributed by atoms with E-state index in [2.05, 4.69) is 5.10 Å². The van der Waals surface area contributed by atoms with Crippen molar-refractivity contribution in [1.29, 1.82) is 0 Å². The summed E-state index contributed by atoms with van der Waals surface area (Å²) in [5.74, 6) is 0. The molecule has 3 aromatic rings. The summed E-state index contributed by atoms with van der Waals surface area (Å²) in [4.78, 5) is 0. The highest BCUT2D eigenvalue weighted by atomic mass is 16.3. The molecule has 0 amide bonds. The van der Waals surface area contributed by atoms with Crippen molar-refractivity contribution in [3.05, 3.63) is 54.0 Å². The largest absolute Gasteiger partial charge is 0.464 e. The van der Waals surface area contributed by atoms with Crippen LogP contribution in [0.4, 0.5) is 0 Å². The summed E-state index contributed by atoms with van der Waals surface area (Å²) in [6, 6.07) is 9.74. The minimum Gasteiger partial charge on any atom is -0.464 e. The number of fused-ring (bicyclic) bond motifs is 1. The first-order valence-corrected chi connectivity index (χ1v) is 6.37. The number of para-hydroxylation sites is 1. The van der Waals surface area contributed by atoms with Gasteiger partial charge in [0, 0.05) is 29.9 Å². The summed E-state index contributed by atoms with van der Waals surface area (Å²) < 4.78 is 7.29. The third-order valence-corrected chi connectivity index (χ3v) is 3.47. The van der Waals surface area contributed by atoms with Gasteiger partial charge in [0.25, 0.3) is 0 Å². The van der Waals surface area contributed by atoms with Gasteiger partial charge in [0.05, 0.1) is 12.4 Å². The Morgan fingerprint density at radius 1 is 1.32 bits per heavy atom. The Bertz CT molecular complexity index is 684. The van der Waals surface area contributed by atoms with E-state index in [0.717, 1.165) is 28.6 Å². The first kappa shape index (κ1) is 12.0. The van der Waals surface area contributed by atoms with E-state index in [1.807, 2.05) is 42.1 Å². The smallest absolute Gasteiger partial charge is 0.134 e. The van der Waals surface area contributed by atoms with Crippen LogP contribution in [0.15, 0.2) is 47.2 Å². The molecule has 1 N–H and O–H groups in total. The van der Waals surface area contributed by atoms with Crippen molar-refractivity contribution < 1.29 is 9.52 Å². The van der Waals surface area contributed by atoms with Crippen molar-refractivity contribution in [3.8, 4) is 0 Å². The lowest BCUT2D eigenvalue weighted by molar-refractivity contribution is 0.167. The molecule has 1 atom stereocenters. The van der Waals surface area contributed by atoms with E-state index in [4.69, 9.17) is 4.42 Å². The Hall–Kier alpha value is -2.07. The molecule has 2 aromatic heterocycles. The highest BCUT2D eigenvalue weighted by molar-refractivity contribution is 5.81. The second-order valence-electron chi connectivity index (χ2n) is 4.69. The Labute approximate surface area is 111 Å². The molecule has 4 heteroatoms. The highest BCUT2D eigenvalue weighted by Crippen LogP contribution is 2.28. The summed E-state index contributed by atoms with van der Waals surface area (Å²) in [6.07, 6.45) is 4.35. The standard InChI is InChI=1S/C15H16N2O2/c1-17-11(8-9-16-17)6-7-14(18)13-10-19-15-5-3-2-4-12(13)15/h2-5,8-10,14,18H,6-7H2,1H3. The van der Waals surface area contributed by atoms with Gasteiger partial charge in [-0.25, -0.2) is 0 Å². The van der Waals surface area contributed by atoms with E-state index in [-0.39, 0.29) is 0 Å². The average molecular weight is 256 g/mol. The van der Waals surface area contributed by atoms with Gasteiger partial charge < -0.3 is 9.52 Å². The molecule has 0 saturated heterocycles. The van der Waals surface area contributed by atoms with Crippen LogP contribution in [0.3, 0.4) is 0 Å².